The summed E-state index contributed by atoms with van der Waals surface area (Å²) in [5.41, 5.74) is 1.34. The predicted molar refractivity (Wildman–Crippen MR) is 69.3 cm³/mol. The molecule has 2 aromatic rings. The third kappa shape index (κ3) is 3.39. The van der Waals surface area contributed by atoms with E-state index < -0.39 is 0 Å². The van der Waals surface area contributed by atoms with E-state index in [2.05, 4.69) is 16.4 Å². The van der Waals surface area contributed by atoms with E-state index in [1.54, 1.807) is 17.4 Å². The maximum absolute atomic E-state index is 11.8. The second kappa shape index (κ2) is 5.59. The summed E-state index contributed by atoms with van der Waals surface area (Å²) in [6.45, 7) is 2.53. The molecule has 0 aliphatic carbocycles. The number of aryl methyl sites for hydroxylation is 1. The predicted octanol–water partition coefficient (Wildman–Crippen LogP) is 2.42. The monoisotopic (exact) mass is 246 g/mol. The minimum absolute atomic E-state index is 0.106. The number of carbonyl (C=O) groups is 1. The average molecular weight is 246 g/mol. The number of hydrogen-bond acceptors (Lipinski definition) is 3. The van der Waals surface area contributed by atoms with Crippen molar-refractivity contribution in [3.63, 3.8) is 0 Å². The molecule has 2 rings (SSSR count). The Kier molecular flexibility index (Phi) is 3.88. The fourth-order valence-corrected chi connectivity index (χ4v) is 2.22. The van der Waals surface area contributed by atoms with Gasteiger partial charge in [0.1, 0.15) is 5.69 Å². The first-order valence-corrected chi connectivity index (χ1v) is 6.38. The summed E-state index contributed by atoms with van der Waals surface area (Å²) in [6, 6.07) is 9.54. The van der Waals surface area contributed by atoms with Crippen LogP contribution >= 0.6 is 11.3 Å². The summed E-state index contributed by atoms with van der Waals surface area (Å²) in [5.74, 6) is -0.106. The molecule has 0 aliphatic heterocycles. The number of carbonyl (C=O) groups excluding carboxylic acids is 1. The number of hydrogen-bond donors (Lipinski definition) is 1. The maximum Gasteiger partial charge on any atom is 0.269 e. The Hall–Kier alpha value is -1.68. The molecule has 17 heavy (non-hydrogen) atoms. The molecule has 0 bridgehead atoms. The van der Waals surface area contributed by atoms with Crippen molar-refractivity contribution in [2.45, 2.75) is 13.3 Å². The Morgan fingerprint density at radius 1 is 1.35 bits per heavy atom. The zero-order valence-corrected chi connectivity index (χ0v) is 10.5. The first-order valence-electron chi connectivity index (χ1n) is 5.50. The van der Waals surface area contributed by atoms with Crippen molar-refractivity contribution >= 4 is 17.2 Å². The van der Waals surface area contributed by atoms with Gasteiger partial charge in [-0.3, -0.25) is 4.79 Å². The van der Waals surface area contributed by atoms with Gasteiger partial charge in [0.05, 0.1) is 0 Å². The van der Waals surface area contributed by atoms with Crippen molar-refractivity contribution in [3.8, 4) is 0 Å². The highest BCUT2D eigenvalue weighted by Gasteiger charge is 2.06. The van der Waals surface area contributed by atoms with Crippen molar-refractivity contribution < 1.29 is 4.79 Å². The molecule has 0 radical (unpaired) electrons. The summed E-state index contributed by atoms with van der Waals surface area (Å²) >= 11 is 1.71. The second-order valence-electron chi connectivity index (χ2n) is 3.75. The van der Waals surface area contributed by atoms with Gasteiger partial charge in [0, 0.05) is 17.1 Å². The number of thiophene rings is 1. The van der Waals surface area contributed by atoms with Crippen LogP contribution in [0.2, 0.25) is 0 Å². The van der Waals surface area contributed by atoms with Crippen LogP contribution in [0.1, 0.15) is 21.1 Å². The van der Waals surface area contributed by atoms with Gasteiger partial charge in [-0.2, -0.15) is 0 Å². The first-order chi connectivity index (χ1) is 8.25. The maximum atomic E-state index is 11.8. The van der Waals surface area contributed by atoms with Crippen molar-refractivity contribution in [2.24, 2.45) is 0 Å². The van der Waals surface area contributed by atoms with E-state index in [1.807, 2.05) is 30.5 Å². The molecule has 0 spiro atoms. The van der Waals surface area contributed by atoms with Crippen LogP contribution in [0.4, 0.5) is 0 Å². The molecular weight excluding hydrogens is 232 g/mol. The van der Waals surface area contributed by atoms with E-state index in [1.165, 1.54) is 4.88 Å². The highest BCUT2D eigenvalue weighted by Crippen LogP contribution is 2.08. The van der Waals surface area contributed by atoms with Gasteiger partial charge in [0.2, 0.25) is 0 Å². The molecule has 0 atom stereocenters. The molecule has 0 saturated carbocycles. The van der Waals surface area contributed by atoms with Gasteiger partial charge in [-0.05, 0) is 36.9 Å². The normalized spacial score (nSPS) is 10.2. The van der Waals surface area contributed by atoms with Crippen LogP contribution in [0.3, 0.4) is 0 Å². The van der Waals surface area contributed by atoms with Gasteiger partial charge >= 0.3 is 0 Å². The third-order valence-corrected chi connectivity index (χ3v) is 3.29. The van der Waals surface area contributed by atoms with Crippen molar-refractivity contribution in [1.29, 1.82) is 0 Å². The first kappa shape index (κ1) is 11.8. The van der Waals surface area contributed by atoms with E-state index >= 15 is 0 Å². The summed E-state index contributed by atoms with van der Waals surface area (Å²) < 4.78 is 0. The molecule has 0 saturated heterocycles. The van der Waals surface area contributed by atoms with E-state index in [-0.39, 0.29) is 5.91 Å². The van der Waals surface area contributed by atoms with Crippen molar-refractivity contribution in [1.82, 2.24) is 10.3 Å². The lowest BCUT2D eigenvalue weighted by atomic mass is 10.3. The zero-order chi connectivity index (χ0) is 12.1. The number of aromatic nitrogens is 1. The molecule has 0 unspecified atom stereocenters. The Labute approximate surface area is 105 Å². The SMILES string of the molecule is Cc1cccc(C(=O)NCCc2cccs2)n1. The van der Waals surface area contributed by atoms with Crippen LogP contribution in [-0.4, -0.2) is 17.4 Å². The minimum Gasteiger partial charge on any atom is -0.350 e. The quantitative estimate of drug-likeness (QED) is 0.900. The van der Waals surface area contributed by atoms with Gasteiger partial charge in [-0.15, -0.1) is 11.3 Å². The molecule has 88 valence electrons. The number of nitrogens with one attached hydrogen (secondary N) is 1. The summed E-state index contributed by atoms with van der Waals surface area (Å²) in [6.07, 6.45) is 0.870. The van der Waals surface area contributed by atoms with Gasteiger partial charge < -0.3 is 5.32 Å². The number of pyridine rings is 1. The van der Waals surface area contributed by atoms with Crippen molar-refractivity contribution in [3.05, 3.63) is 52.0 Å². The molecule has 2 heterocycles. The highest BCUT2D eigenvalue weighted by atomic mass is 32.1. The largest absolute Gasteiger partial charge is 0.350 e. The van der Waals surface area contributed by atoms with E-state index in [0.717, 1.165) is 12.1 Å². The van der Waals surface area contributed by atoms with Crippen LogP contribution in [0.25, 0.3) is 0 Å². The summed E-state index contributed by atoms with van der Waals surface area (Å²) in [5, 5.41) is 4.91. The standard InChI is InChI=1S/C13H14N2OS/c1-10-4-2-6-12(15-10)13(16)14-8-7-11-5-3-9-17-11/h2-6,9H,7-8H2,1H3,(H,14,16). The Balaban J connectivity index is 1.85. The van der Waals surface area contributed by atoms with Gasteiger partial charge in [0.25, 0.3) is 5.91 Å². The van der Waals surface area contributed by atoms with E-state index in [0.29, 0.717) is 12.2 Å². The molecule has 1 amide bonds. The molecule has 0 aromatic carbocycles. The zero-order valence-electron chi connectivity index (χ0n) is 9.64. The van der Waals surface area contributed by atoms with Crippen LogP contribution in [-0.2, 0) is 6.42 Å². The summed E-state index contributed by atoms with van der Waals surface area (Å²) in [7, 11) is 0. The van der Waals surface area contributed by atoms with Gasteiger partial charge in [-0.25, -0.2) is 4.98 Å². The Morgan fingerprint density at radius 3 is 2.94 bits per heavy atom. The van der Waals surface area contributed by atoms with Crippen LogP contribution in [0, 0.1) is 6.92 Å². The average Bonchev–Trinajstić information content (AvgIpc) is 2.82. The smallest absolute Gasteiger partial charge is 0.269 e. The van der Waals surface area contributed by atoms with Crippen LogP contribution in [0.5, 0.6) is 0 Å². The lowest BCUT2D eigenvalue weighted by Gasteiger charge is -2.04. The minimum atomic E-state index is -0.106. The topological polar surface area (TPSA) is 42.0 Å². The van der Waals surface area contributed by atoms with Crippen molar-refractivity contribution in [2.75, 3.05) is 6.54 Å². The van der Waals surface area contributed by atoms with Crippen LogP contribution < -0.4 is 5.32 Å². The summed E-state index contributed by atoms with van der Waals surface area (Å²) in [4.78, 5) is 17.2. The van der Waals surface area contributed by atoms with Gasteiger partial charge in [0.15, 0.2) is 0 Å². The molecule has 2 aromatic heterocycles. The molecule has 3 nitrogen and oxygen atoms in total. The fraction of sp³-hybridized carbons (Fsp3) is 0.231. The highest BCUT2D eigenvalue weighted by molar-refractivity contribution is 7.09. The molecular formula is C13H14N2OS. The van der Waals surface area contributed by atoms with Gasteiger partial charge in [-0.1, -0.05) is 12.1 Å². The number of amides is 1. The fourth-order valence-electron chi connectivity index (χ4n) is 1.51. The van der Waals surface area contributed by atoms with E-state index in [9.17, 15) is 4.79 Å². The third-order valence-electron chi connectivity index (χ3n) is 2.36. The van der Waals surface area contributed by atoms with Crippen LogP contribution in [0.15, 0.2) is 35.7 Å². The molecule has 4 heteroatoms. The molecule has 0 fully saturated rings. The van der Waals surface area contributed by atoms with E-state index in [4.69, 9.17) is 0 Å². The number of rotatable bonds is 4. The lowest BCUT2D eigenvalue weighted by molar-refractivity contribution is 0.0949. The Bertz CT molecular complexity index is 494. The molecule has 1 N–H and O–H groups in total. The Morgan fingerprint density at radius 2 is 2.24 bits per heavy atom. The lowest BCUT2D eigenvalue weighted by Crippen LogP contribution is -2.26. The second-order valence-corrected chi connectivity index (χ2v) is 4.78. The molecule has 0 aliphatic rings. The number of nitrogens with zero attached hydrogens (tertiary/aromatic N) is 1.